The second kappa shape index (κ2) is 7.58. The van der Waals surface area contributed by atoms with E-state index in [1.54, 1.807) is 12.1 Å². The van der Waals surface area contributed by atoms with Crippen LogP contribution in [-0.4, -0.2) is 16.1 Å². The van der Waals surface area contributed by atoms with E-state index >= 15 is 0 Å². The fraction of sp³-hybridized carbons (Fsp3) is 0.0455. The smallest absolute Gasteiger partial charge is 0.307 e. The van der Waals surface area contributed by atoms with Crippen LogP contribution in [0.4, 0.5) is 0 Å². The molecule has 3 aromatic carbocycles. The molecule has 0 atom stereocenters. The predicted molar refractivity (Wildman–Crippen MR) is 112 cm³/mol. The first-order chi connectivity index (χ1) is 13.5. The van der Waals surface area contributed by atoms with E-state index in [9.17, 15) is 9.90 Å². The maximum Gasteiger partial charge on any atom is 0.307 e. The van der Waals surface area contributed by atoms with E-state index in [4.69, 9.17) is 27.9 Å². The van der Waals surface area contributed by atoms with Crippen molar-refractivity contribution >= 4 is 40.1 Å². The molecule has 28 heavy (non-hydrogen) atoms. The summed E-state index contributed by atoms with van der Waals surface area (Å²) in [6, 6.07) is 20.2. The molecule has 2 N–H and O–H groups in total. The minimum absolute atomic E-state index is 0.135. The molecule has 0 amide bonds. The summed E-state index contributed by atoms with van der Waals surface area (Å²) in [5.41, 5.74) is 2.96. The van der Waals surface area contributed by atoms with Crippen molar-refractivity contribution in [3.05, 3.63) is 82.3 Å². The monoisotopic (exact) mass is 411 g/mol. The molecular formula is C22H15Cl2NO3. The number of carboxylic acid groups (broad SMARTS) is 1. The van der Waals surface area contributed by atoms with Gasteiger partial charge in [-0.15, -0.1) is 0 Å². The van der Waals surface area contributed by atoms with Gasteiger partial charge < -0.3 is 14.8 Å². The van der Waals surface area contributed by atoms with Crippen molar-refractivity contribution in [2.24, 2.45) is 0 Å². The molecule has 6 heteroatoms. The molecule has 4 aromatic rings. The van der Waals surface area contributed by atoms with Crippen LogP contribution in [0.1, 0.15) is 5.56 Å². The number of ether oxygens (including phenoxy) is 1. The Morgan fingerprint density at radius 2 is 1.71 bits per heavy atom. The molecule has 4 nitrogen and oxygen atoms in total. The number of rotatable bonds is 5. The molecule has 1 heterocycles. The van der Waals surface area contributed by atoms with E-state index in [-0.39, 0.29) is 6.42 Å². The Morgan fingerprint density at radius 3 is 2.43 bits per heavy atom. The molecule has 140 valence electrons. The number of fused-ring (bicyclic) bond motifs is 1. The number of para-hydroxylation sites is 1. The molecule has 0 fully saturated rings. The van der Waals surface area contributed by atoms with Gasteiger partial charge in [0.05, 0.1) is 22.2 Å². The summed E-state index contributed by atoms with van der Waals surface area (Å²) in [5, 5.41) is 11.1. The first-order valence-corrected chi connectivity index (χ1v) is 9.31. The average Bonchev–Trinajstić information content (AvgIpc) is 3.02. The largest absolute Gasteiger partial charge is 0.481 e. The maximum absolute atomic E-state index is 11.5. The number of benzene rings is 3. The Kier molecular flexibility index (Phi) is 4.99. The van der Waals surface area contributed by atoms with Gasteiger partial charge in [-0.3, -0.25) is 4.79 Å². The quantitative estimate of drug-likeness (QED) is 0.390. The second-order valence-corrected chi connectivity index (χ2v) is 7.11. The lowest BCUT2D eigenvalue weighted by Gasteiger charge is -2.06. The van der Waals surface area contributed by atoms with Crippen molar-refractivity contribution in [3.63, 3.8) is 0 Å². The number of carbonyl (C=O) groups is 1. The lowest BCUT2D eigenvalue weighted by atomic mass is 10.0. The molecular weight excluding hydrogens is 397 g/mol. The van der Waals surface area contributed by atoms with Crippen LogP contribution in [0.15, 0.2) is 66.7 Å². The van der Waals surface area contributed by atoms with Crippen LogP contribution >= 0.6 is 23.2 Å². The Hall–Kier alpha value is -2.95. The van der Waals surface area contributed by atoms with Gasteiger partial charge in [-0.1, -0.05) is 47.5 Å². The topological polar surface area (TPSA) is 62.3 Å². The van der Waals surface area contributed by atoms with Crippen LogP contribution < -0.4 is 4.74 Å². The fourth-order valence-corrected chi connectivity index (χ4v) is 3.45. The van der Waals surface area contributed by atoms with Gasteiger partial charge >= 0.3 is 5.97 Å². The molecule has 0 saturated heterocycles. The van der Waals surface area contributed by atoms with Crippen LogP contribution in [-0.2, 0) is 11.2 Å². The molecule has 0 unspecified atom stereocenters. The van der Waals surface area contributed by atoms with E-state index in [1.807, 2.05) is 54.6 Å². The summed E-state index contributed by atoms with van der Waals surface area (Å²) in [5.74, 6) is 0.420. The number of H-pyrrole nitrogens is 1. The van der Waals surface area contributed by atoms with Gasteiger partial charge in [0.1, 0.15) is 11.5 Å². The Bertz CT molecular complexity index is 1170. The zero-order chi connectivity index (χ0) is 19.7. The van der Waals surface area contributed by atoms with Gasteiger partial charge in [0.25, 0.3) is 0 Å². The van der Waals surface area contributed by atoms with Gasteiger partial charge in [-0.05, 0) is 53.6 Å². The van der Waals surface area contributed by atoms with Crippen molar-refractivity contribution in [1.29, 1.82) is 0 Å². The van der Waals surface area contributed by atoms with Crippen LogP contribution in [0, 0.1) is 0 Å². The normalized spacial score (nSPS) is 10.9. The standard InChI is InChI=1S/C22H15Cl2NO3/c23-18-8-6-13(10-19(18)24)22-17(12-21(26)27)16-11-15(7-9-20(16)25-22)28-14-4-2-1-3-5-14/h1-11,25H,12H2,(H,26,27). The van der Waals surface area contributed by atoms with Gasteiger partial charge in [-0.25, -0.2) is 0 Å². The molecule has 4 rings (SSSR count). The summed E-state index contributed by atoms with van der Waals surface area (Å²) in [6.07, 6.45) is -0.135. The number of hydrogen-bond acceptors (Lipinski definition) is 2. The van der Waals surface area contributed by atoms with E-state index in [1.165, 1.54) is 0 Å². The second-order valence-electron chi connectivity index (χ2n) is 6.30. The minimum Gasteiger partial charge on any atom is -0.481 e. The highest BCUT2D eigenvalue weighted by Crippen LogP contribution is 2.36. The Balaban J connectivity index is 1.83. The summed E-state index contributed by atoms with van der Waals surface area (Å²) in [7, 11) is 0. The fourth-order valence-electron chi connectivity index (χ4n) is 3.15. The molecule has 0 aliphatic heterocycles. The Labute approximate surface area is 171 Å². The first kappa shape index (κ1) is 18.4. The summed E-state index contributed by atoms with van der Waals surface area (Å²) >= 11 is 12.2. The number of aromatic nitrogens is 1. The average molecular weight is 412 g/mol. The van der Waals surface area contributed by atoms with Gasteiger partial charge in [0.15, 0.2) is 0 Å². The maximum atomic E-state index is 11.5. The highest BCUT2D eigenvalue weighted by molar-refractivity contribution is 6.42. The van der Waals surface area contributed by atoms with Gasteiger partial charge in [0.2, 0.25) is 0 Å². The highest BCUT2D eigenvalue weighted by Gasteiger charge is 2.17. The van der Waals surface area contributed by atoms with Crippen LogP contribution in [0.5, 0.6) is 11.5 Å². The van der Waals surface area contributed by atoms with Crippen molar-refractivity contribution in [2.45, 2.75) is 6.42 Å². The molecule has 0 aliphatic carbocycles. The number of aliphatic carboxylic acids is 1. The molecule has 0 aliphatic rings. The molecule has 1 aromatic heterocycles. The Morgan fingerprint density at radius 1 is 0.929 bits per heavy atom. The van der Waals surface area contributed by atoms with Crippen LogP contribution in [0.2, 0.25) is 10.0 Å². The predicted octanol–water partition coefficient (Wildman–Crippen LogP) is 6.56. The molecule has 0 spiro atoms. The third-order valence-corrected chi connectivity index (χ3v) is 5.13. The number of aromatic amines is 1. The SMILES string of the molecule is O=C(O)Cc1c(-c2ccc(Cl)c(Cl)c2)[nH]c2ccc(Oc3ccccc3)cc12. The van der Waals surface area contributed by atoms with E-state index < -0.39 is 5.97 Å². The lowest BCUT2D eigenvalue weighted by Crippen LogP contribution is -2.01. The third-order valence-electron chi connectivity index (χ3n) is 4.39. The summed E-state index contributed by atoms with van der Waals surface area (Å²) in [6.45, 7) is 0. The van der Waals surface area contributed by atoms with E-state index in [0.29, 0.717) is 32.8 Å². The molecule has 0 saturated carbocycles. The molecule has 0 bridgehead atoms. The van der Waals surface area contributed by atoms with Crippen molar-refractivity contribution in [2.75, 3.05) is 0 Å². The lowest BCUT2D eigenvalue weighted by molar-refractivity contribution is -0.136. The van der Waals surface area contributed by atoms with Crippen LogP contribution in [0.3, 0.4) is 0 Å². The number of carboxylic acids is 1. The number of halogens is 2. The van der Waals surface area contributed by atoms with E-state index in [0.717, 1.165) is 16.5 Å². The van der Waals surface area contributed by atoms with Crippen LogP contribution in [0.25, 0.3) is 22.2 Å². The zero-order valence-electron chi connectivity index (χ0n) is 14.6. The first-order valence-electron chi connectivity index (χ1n) is 8.56. The van der Waals surface area contributed by atoms with E-state index in [2.05, 4.69) is 4.98 Å². The number of nitrogens with one attached hydrogen (secondary N) is 1. The number of hydrogen-bond donors (Lipinski definition) is 2. The summed E-state index contributed by atoms with van der Waals surface area (Å²) in [4.78, 5) is 14.8. The van der Waals surface area contributed by atoms with Gasteiger partial charge in [0, 0.05) is 10.9 Å². The van der Waals surface area contributed by atoms with Gasteiger partial charge in [-0.2, -0.15) is 0 Å². The third kappa shape index (κ3) is 3.70. The van der Waals surface area contributed by atoms with Crippen molar-refractivity contribution in [1.82, 2.24) is 4.98 Å². The summed E-state index contributed by atoms with van der Waals surface area (Å²) < 4.78 is 5.90. The van der Waals surface area contributed by atoms with Crippen molar-refractivity contribution < 1.29 is 14.6 Å². The molecule has 0 radical (unpaired) electrons. The van der Waals surface area contributed by atoms with Crippen molar-refractivity contribution in [3.8, 4) is 22.8 Å². The zero-order valence-corrected chi connectivity index (χ0v) is 16.1. The minimum atomic E-state index is -0.920. The highest BCUT2D eigenvalue weighted by atomic mass is 35.5.